The summed E-state index contributed by atoms with van der Waals surface area (Å²) in [4.78, 5) is 24.4. The Labute approximate surface area is 164 Å². The number of nitrogens with one attached hydrogen (secondary N) is 1. The Bertz CT molecular complexity index is 882. The topological polar surface area (TPSA) is 103 Å². The minimum atomic E-state index is -0.724. The summed E-state index contributed by atoms with van der Waals surface area (Å²) in [6.45, 7) is 0. The first kappa shape index (κ1) is 20.4. The molecule has 9 heteroatoms. The van der Waals surface area contributed by atoms with Gasteiger partial charge in [0, 0.05) is 0 Å². The number of hydrogen-bond donors (Lipinski definition) is 2. The molecule has 0 aliphatic carbocycles. The van der Waals surface area contributed by atoms with Crippen LogP contribution in [-0.4, -0.2) is 45.4 Å². The van der Waals surface area contributed by atoms with Gasteiger partial charge in [-0.2, -0.15) is 0 Å². The lowest BCUT2D eigenvalue weighted by Gasteiger charge is -2.17. The van der Waals surface area contributed by atoms with Crippen molar-refractivity contribution >= 4 is 33.5 Å². The van der Waals surface area contributed by atoms with Gasteiger partial charge in [0.2, 0.25) is 5.75 Å². The van der Waals surface area contributed by atoms with E-state index in [4.69, 9.17) is 14.2 Å². The second-order valence-electron chi connectivity index (χ2n) is 5.15. The maximum absolute atomic E-state index is 12.8. The summed E-state index contributed by atoms with van der Waals surface area (Å²) in [6, 6.07) is 5.80. The van der Waals surface area contributed by atoms with Gasteiger partial charge in [-0.3, -0.25) is 4.79 Å². The van der Waals surface area contributed by atoms with Crippen LogP contribution in [-0.2, 0) is 4.74 Å². The van der Waals surface area contributed by atoms with E-state index in [0.717, 1.165) is 0 Å². The number of phenolic OH excluding ortho intramolecular Hbond substituents is 1. The molecule has 2 N–H and O–H groups in total. The van der Waals surface area contributed by atoms with Crippen LogP contribution in [0, 0.1) is 0 Å². The Hall–Kier alpha value is -2.94. The van der Waals surface area contributed by atoms with E-state index in [2.05, 4.69) is 26.0 Å². The molecule has 0 saturated carbocycles. The third kappa shape index (κ3) is 3.92. The highest BCUT2D eigenvalue weighted by Gasteiger charge is 2.24. The van der Waals surface area contributed by atoms with Gasteiger partial charge >= 0.3 is 5.97 Å². The average molecular weight is 440 g/mol. The number of para-hydroxylation sites is 1. The number of anilines is 1. The summed E-state index contributed by atoms with van der Waals surface area (Å²) in [7, 11) is 5.50. The quantitative estimate of drug-likeness (QED) is 0.525. The standard InChI is InChI=1S/C18H18BrNO7/c1-24-12-8-10(13(19)16(26-3)15(12)25-2)17(22)20-11-7-5-6-9(14(11)21)18(23)27-4/h5-8,21H,1-4H3,(H,20,22). The highest BCUT2D eigenvalue weighted by Crippen LogP contribution is 2.45. The number of halogens is 1. The van der Waals surface area contributed by atoms with Crippen molar-refractivity contribution in [1.29, 1.82) is 0 Å². The number of carbonyl (C=O) groups excluding carboxylic acids is 2. The van der Waals surface area contributed by atoms with Gasteiger partial charge in [0.25, 0.3) is 5.91 Å². The van der Waals surface area contributed by atoms with Crippen LogP contribution in [0.3, 0.4) is 0 Å². The molecule has 1 amide bonds. The van der Waals surface area contributed by atoms with Crippen LogP contribution in [0.2, 0.25) is 0 Å². The molecule has 0 spiro atoms. The highest BCUT2D eigenvalue weighted by atomic mass is 79.9. The Kier molecular flexibility index (Phi) is 6.51. The first-order chi connectivity index (χ1) is 12.9. The number of methoxy groups -OCH3 is 4. The molecule has 0 atom stereocenters. The monoisotopic (exact) mass is 439 g/mol. The first-order valence-corrected chi connectivity index (χ1v) is 8.38. The van der Waals surface area contributed by atoms with Crippen LogP contribution >= 0.6 is 15.9 Å². The largest absolute Gasteiger partial charge is 0.505 e. The molecule has 27 heavy (non-hydrogen) atoms. The number of hydrogen-bond acceptors (Lipinski definition) is 7. The number of amides is 1. The van der Waals surface area contributed by atoms with Gasteiger partial charge < -0.3 is 29.4 Å². The Balaban J connectivity index is 2.47. The van der Waals surface area contributed by atoms with Crippen molar-refractivity contribution in [2.75, 3.05) is 33.8 Å². The SMILES string of the molecule is COC(=O)c1cccc(NC(=O)c2cc(OC)c(OC)c(OC)c2Br)c1O. The lowest BCUT2D eigenvalue weighted by atomic mass is 10.1. The fourth-order valence-electron chi connectivity index (χ4n) is 2.40. The number of esters is 1. The number of aromatic hydroxyl groups is 1. The van der Waals surface area contributed by atoms with Crippen molar-refractivity contribution in [3.05, 3.63) is 39.9 Å². The van der Waals surface area contributed by atoms with E-state index in [0.29, 0.717) is 10.2 Å². The van der Waals surface area contributed by atoms with E-state index >= 15 is 0 Å². The Morgan fingerprint density at radius 3 is 2.22 bits per heavy atom. The summed E-state index contributed by atoms with van der Waals surface area (Å²) < 4.78 is 20.7. The minimum absolute atomic E-state index is 0.0450. The van der Waals surface area contributed by atoms with Crippen molar-refractivity contribution < 1.29 is 33.6 Å². The van der Waals surface area contributed by atoms with Gasteiger partial charge in [-0.1, -0.05) is 6.07 Å². The van der Waals surface area contributed by atoms with Gasteiger partial charge in [0.05, 0.1) is 44.2 Å². The molecule has 2 rings (SSSR count). The van der Waals surface area contributed by atoms with Crippen LogP contribution in [0.25, 0.3) is 0 Å². The molecule has 144 valence electrons. The summed E-state index contributed by atoms with van der Waals surface area (Å²) >= 11 is 3.32. The number of ether oxygens (including phenoxy) is 4. The van der Waals surface area contributed by atoms with Crippen LogP contribution in [0.1, 0.15) is 20.7 Å². The van der Waals surface area contributed by atoms with E-state index in [-0.39, 0.29) is 28.3 Å². The molecule has 0 aliphatic rings. The zero-order valence-corrected chi connectivity index (χ0v) is 16.7. The molecule has 8 nitrogen and oxygen atoms in total. The fourth-order valence-corrected chi connectivity index (χ4v) is 3.03. The predicted molar refractivity (Wildman–Crippen MR) is 101 cm³/mol. The summed E-state index contributed by atoms with van der Waals surface area (Å²) in [5, 5.41) is 12.8. The Morgan fingerprint density at radius 2 is 1.67 bits per heavy atom. The van der Waals surface area contributed by atoms with Gasteiger partial charge in [-0.05, 0) is 34.1 Å². The van der Waals surface area contributed by atoms with Crippen LogP contribution in [0.15, 0.2) is 28.7 Å². The predicted octanol–water partition coefficient (Wildman–Crippen LogP) is 3.22. The lowest BCUT2D eigenvalue weighted by molar-refractivity contribution is 0.0597. The number of rotatable bonds is 6. The highest BCUT2D eigenvalue weighted by molar-refractivity contribution is 9.10. The molecule has 0 aromatic heterocycles. The van der Waals surface area contributed by atoms with Gasteiger partial charge in [-0.25, -0.2) is 4.79 Å². The summed E-state index contributed by atoms with van der Waals surface area (Å²) in [5.41, 5.74) is 0.148. The van der Waals surface area contributed by atoms with Crippen molar-refractivity contribution in [2.45, 2.75) is 0 Å². The third-order valence-corrected chi connectivity index (χ3v) is 4.49. The fraction of sp³-hybridized carbons (Fsp3) is 0.222. The summed E-state index contributed by atoms with van der Waals surface area (Å²) in [6.07, 6.45) is 0. The minimum Gasteiger partial charge on any atom is -0.505 e. The third-order valence-electron chi connectivity index (χ3n) is 3.70. The number of benzene rings is 2. The van der Waals surface area contributed by atoms with Crippen molar-refractivity contribution in [3.63, 3.8) is 0 Å². The Morgan fingerprint density at radius 1 is 1.00 bits per heavy atom. The molecule has 0 aliphatic heterocycles. The smallest absolute Gasteiger partial charge is 0.341 e. The van der Waals surface area contributed by atoms with Crippen LogP contribution in [0.5, 0.6) is 23.0 Å². The molecular formula is C18H18BrNO7. The molecule has 0 fully saturated rings. The molecular weight excluding hydrogens is 422 g/mol. The molecule has 0 radical (unpaired) electrons. The summed E-state index contributed by atoms with van der Waals surface area (Å²) in [5.74, 6) is -0.819. The first-order valence-electron chi connectivity index (χ1n) is 7.59. The molecule has 0 heterocycles. The van der Waals surface area contributed by atoms with Gasteiger partial charge in [-0.15, -0.1) is 0 Å². The number of phenols is 1. The van der Waals surface area contributed by atoms with E-state index in [1.165, 1.54) is 52.7 Å². The zero-order chi connectivity index (χ0) is 20.1. The molecule has 0 bridgehead atoms. The maximum Gasteiger partial charge on any atom is 0.341 e. The van der Waals surface area contributed by atoms with E-state index in [1.807, 2.05) is 0 Å². The normalized spacial score (nSPS) is 10.1. The van der Waals surface area contributed by atoms with E-state index < -0.39 is 17.6 Å². The van der Waals surface area contributed by atoms with Crippen molar-refractivity contribution in [3.8, 4) is 23.0 Å². The van der Waals surface area contributed by atoms with Crippen molar-refractivity contribution in [2.24, 2.45) is 0 Å². The second-order valence-corrected chi connectivity index (χ2v) is 5.95. The van der Waals surface area contributed by atoms with E-state index in [1.54, 1.807) is 0 Å². The lowest BCUT2D eigenvalue weighted by Crippen LogP contribution is -2.14. The van der Waals surface area contributed by atoms with Crippen LogP contribution < -0.4 is 19.5 Å². The van der Waals surface area contributed by atoms with Gasteiger partial charge in [0.15, 0.2) is 17.2 Å². The zero-order valence-electron chi connectivity index (χ0n) is 15.1. The van der Waals surface area contributed by atoms with Gasteiger partial charge in [0.1, 0.15) is 5.56 Å². The molecule has 2 aromatic rings. The molecule has 0 unspecified atom stereocenters. The average Bonchev–Trinajstić information content (AvgIpc) is 2.68. The maximum atomic E-state index is 12.8. The molecule has 2 aromatic carbocycles. The number of carbonyl (C=O) groups is 2. The molecule has 0 saturated heterocycles. The van der Waals surface area contributed by atoms with Crippen LogP contribution in [0.4, 0.5) is 5.69 Å². The van der Waals surface area contributed by atoms with E-state index in [9.17, 15) is 14.7 Å². The second kappa shape index (κ2) is 8.63. The van der Waals surface area contributed by atoms with Crippen molar-refractivity contribution in [1.82, 2.24) is 0 Å².